The lowest BCUT2D eigenvalue weighted by Crippen LogP contribution is -2.54. The molecule has 3 nitrogen and oxygen atoms in total. The van der Waals surface area contributed by atoms with Gasteiger partial charge in [-0.1, -0.05) is 24.3 Å². The van der Waals surface area contributed by atoms with Crippen molar-refractivity contribution in [2.45, 2.75) is 51.7 Å². The average Bonchev–Trinajstić information content (AvgIpc) is 3.08. The first kappa shape index (κ1) is 19.0. The van der Waals surface area contributed by atoms with Gasteiger partial charge in [-0.2, -0.15) is 0 Å². The van der Waals surface area contributed by atoms with Gasteiger partial charge in [0.25, 0.3) is 0 Å². The van der Waals surface area contributed by atoms with Gasteiger partial charge >= 0.3 is 0 Å². The van der Waals surface area contributed by atoms with E-state index in [0.29, 0.717) is 18.6 Å². The molecule has 0 radical (unpaired) electrons. The van der Waals surface area contributed by atoms with Crippen LogP contribution >= 0.6 is 11.3 Å². The van der Waals surface area contributed by atoms with Gasteiger partial charge in [-0.3, -0.25) is 4.90 Å². The Bertz CT molecular complexity index is 616. The van der Waals surface area contributed by atoms with Crippen LogP contribution in [-0.4, -0.2) is 30.6 Å². The van der Waals surface area contributed by atoms with Crippen molar-refractivity contribution in [1.82, 2.24) is 4.90 Å². The van der Waals surface area contributed by atoms with E-state index >= 15 is 0 Å². The Labute approximate surface area is 150 Å². The Morgan fingerprint density at radius 1 is 1.08 bits per heavy atom. The van der Waals surface area contributed by atoms with Gasteiger partial charge in [-0.05, 0) is 58.2 Å². The Morgan fingerprint density at radius 3 is 2.25 bits per heavy atom. The molecule has 0 saturated heterocycles. The molecule has 0 amide bonds. The molecule has 0 spiro atoms. The number of benzene rings is 1. The van der Waals surface area contributed by atoms with E-state index < -0.39 is 0 Å². The summed E-state index contributed by atoms with van der Waals surface area (Å²) in [5.41, 5.74) is 7.04. The molecule has 2 N–H and O–H groups in total. The number of hydrogen-bond acceptors (Lipinski definition) is 4. The van der Waals surface area contributed by atoms with Crippen molar-refractivity contribution in [3.63, 3.8) is 0 Å². The number of para-hydroxylation sites is 1. The summed E-state index contributed by atoms with van der Waals surface area (Å²) in [5.74, 6) is 0.922. The second-order valence-electron chi connectivity index (χ2n) is 6.67. The Kier molecular flexibility index (Phi) is 6.44. The van der Waals surface area contributed by atoms with E-state index in [1.54, 1.807) is 18.4 Å². The van der Waals surface area contributed by atoms with Crippen LogP contribution in [0.5, 0.6) is 5.75 Å². The van der Waals surface area contributed by atoms with Gasteiger partial charge in [0.05, 0.1) is 12.6 Å². The van der Waals surface area contributed by atoms with E-state index in [9.17, 15) is 0 Å². The molecule has 0 aliphatic carbocycles. The molecule has 1 atom stereocenters. The van der Waals surface area contributed by atoms with Crippen molar-refractivity contribution in [3.05, 3.63) is 52.2 Å². The van der Waals surface area contributed by atoms with Crippen molar-refractivity contribution < 1.29 is 4.74 Å². The fourth-order valence-corrected chi connectivity index (χ4v) is 4.95. The van der Waals surface area contributed by atoms with Crippen LogP contribution in [0.4, 0.5) is 0 Å². The molecule has 2 aromatic rings. The van der Waals surface area contributed by atoms with Crippen molar-refractivity contribution in [2.24, 2.45) is 5.73 Å². The second kappa shape index (κ2) is 8.15. The van der Waals surface area contributed by atoms with Crippen LogP contribution in [0.25, 0.3) is 0 Å². The summed E-state index contributed by atoms with van der Waals surface area (Å²) in [5, 5.41) is 2.15. The second-order valence-corrected chi connectivity index (χ2v) is 7.62. The molecular formula is C20H30N2OS. The van der Waals surface area contributed by atoms with E-state index in [1.165, 1.54) is 10.4 Å². The predicted molar refractivity (Wildman–Crippen MR) is 104 cm³/mol. The number of methoxy groups -OCH3 is 1. The van der Waals surface area contributed by atoms with Gasteiger partial charge in [0.15, 0.2) is 0 Å². The first-order valence-corrected chi connectivity index (χ1v) is 9.53. The number of rotatable bonds is 8. The van der Waals surface area contributed by atoms with Crippen molar-refractivity contribution in [3.8, 4) is 5.75 Å². The van der Waals surface area contributed by atoms with E-state index in [1.807, 2.05) is 12.1 Å². The SMILES string of the molecule is COc1ccccc1C(CCN)(c1cccs1)N(C(C)C)C(C)C. The highest BCUT2D eigenvalue weighted by Gasteiger charge is 2.44. The van der Waals surface area contributed by atoms with Crippen LogP contribution in [0.3, 0.4) is 0 Å². The molecule has 132 valence electrons. The number of ether oxygens (including phenoxy) is 1. The summed E-state index contributed by atoms with van der Waals surface area (Å²) in [6.07, 6.45) is 0.851. The van der Waals surface area contributed by atoms with E-state index in [-0.39, 0.29) is 5.54 Å². The van der Waals surface area contributed by atoms with Crippen LogP contribution in [0, 0.1) is 0 Å². The summed E-state index contributed by atoms with van der Waals surface area (Å²) in [4.78, 5) is 3.89. The fourth-order valence-electron chi connectivity index (χ4n) is 3.97. The minimum Gasteiger partial charge on any atom is -0.496 e. The Balaban J connectivity index is 2.81. The molecule has 1 unspecified atom stereocenters. The van der Waals surface area contributed by atoms with Crippen LogP contribution in [-0.2, 0) is 5.54 Å². The van der Waals surface area contributed by atoms with E-state index in [4.69, 9.17) is 10.5 Å². The standard InChI is InChI=1S/C20H30N2OS/c1-15(2)22(16(3)4)20(12-13-21,19-11-8-14-24-19)17-9-6-7-10-18(17)23-5/h6-11,14-16H,12-13,21H2,1-5H3. The van der Waals surface area contributed by atoms with Crippen molar-refractivity contribution in [2.75, 3.05) is 13.7 Å². The highest BCUT2D eigenvalue weighted by molar-refractivity contribution is 7.10. The molecule has 0 saturated carbocycles. The first-order valence-electron chi connectivity index (χ1n) is 8.65. The van der Waals surface area contributed by atoms with E-state index in [0.717, 1.165) is 12.2 Å². The molecule has 24 heavy (non-hydrogen) atoms. The lowest BCUT2D eigenvalue weighted by atomic mass is 9.80. The fraction of sp³-hybridized carbons (Fsp3) is 0.500. The third kappa shape index (κ3) is 3.37. The molecule has 2 rings (SSSR count). The molecular weight excluding hydrogens is 316 g/mol. The molecule has 1 aromatic carbocycles. The number of thiophene rings is 1. The van der Waals surface area contributed by atoms with Gasteiger partial charge in [0.1, 0.15) is 5.75 Å². The highest BCUT2D eigenvalue weighted by atomic mass is 32.1. The summed E-state index contributed by atoms with van der Waals surface area (Å²) in [6, 6.07) is 13.5. The average molecular weight is 347 g/mol. The highest BCUT2D eigenvalue weighted by Crippen LogP contribution is 2.46. The maximum absolute atomic E-state index is 6.12. The van der Waals surface area contributed by atoms with Crippen LogP contribution in [0.2, 0.25) is 0 Å². The predicted octanol–water partition coefficient (Wildman–Crippen LogP) is 4.47. The minimum absolute atomic E-state index is 0.280. The van der Waals surface area contributed by atoms with Crippen LogP contribution in [0.15, 0.2) is 41.8 Å². The zero-order valence-electron chi connectivity index (χ0n) is 15.5. The number of nitrogens with two attached hydrogens (primary N) is 1. The van der Waals surface area contributed by atoms with Crippen LogP contribution < -0.4 is 10.5 Å². The van der Waals surface area contributed by atoms with Gasteiger partial charge in [-0.15, -0.1) is 11.3 Å². The molecule has 0 aliphatic heterocycles. The Morgan fingerprint density at radius 2 is 1.75 bits per heavy atom. The lowest BCUT2D eigenvalue weighted by Gasteiger charge is -2.49. The summed E-state index contributed by atoms with van der Waals surface area (Å²) >= 11 is 1.79. The first-order chi connectivity index (χ1) is 11.5. The van der Waals surface area contributed by atoms with Gasteiger partial charge in [0.2, 0.25) is 0 Å². The number of hydrogen-bond donors (Lipinski definition) is 1. The molecule has 4 heteroatoms. The molecule has 0 fully saturated rings. The van der Waals surface area contributed by atoms with Crippen molar-refractivity contribution >= 4 is 11.3 Å². The monoisotopic (exact) mass is 346 g/mol. The van der Waals surface area contributed by atoms with Crippen LogP contribution in [0.1, 0.15) is 44.6 Å². The molecule has 0 aliphatic rings. The topological polar surface area (TPSA) is 38.5 Å². The third-order valence-electron chi connectivity index (χ3n) is 4.54. The normalized spacial score (nSPS) is 14.4. The smallest absolute Gasteiger partial charge is 0.124 e. The van der Waals surface area contributed by atoms with Gasteiger partial charge in [0, 0.05) is 22.5 Å². The third-order valence-corrected chi connectivity index (χ3v) is 5.56. The van der Waals surface area contributed by atoms with Gasteiger partial charge in [-0.25, -0.2) is 0 Å². The maximum Gasteiger partial charge on any atom is 0.124 e. The zero-order chi connectivity index (χ0) is 17.7. The zero-order valence-corrected chi connectivity index (χ0v) is 16.3. The molecule has 1 heterocycles. The Hall–Kier alpha value is -1.36. The molecule has 0 bridgehead atoms. The summed E-state index contributed by atoms with van der Waals surface area (Å²) < 4.78 is 5.74. The van der Waals surface area contributed by atoms with Crippen molar-refractivity contribution in [1.29, 1.82) is 0 Å². The quantitative estimate of drug-likeness (QED) is 0.766. The van der Waals surface area contributed by atoms with E-state index in [2.05, 4.69) is 62.2 Å². The lowest BCUT2D eigenvalue weighted by molar-refractivity contribution is 0.0467. The van der Waals surface area contributed by atoms with Gasteiger partial charge < -0.3 is 10.5 Å². The summed E-state index contributed by atoms with van der Waals surface area (Å²) in [6.45, 7) is 9.65. The summed E-state index contributed by atoms with van der Waals surface area (Å²) in [7, 11) is 1.75. The number of nitrogens with zero attached hydrogens (tertiary/aromatic N) is 1. The maximum atomic E-state index is 6.12. The largest absolute Gasteiger partial charge is 0.496 e. The minimum atomic E-state index is -0.280. The molecule has 1 aromatic heterocycles.